The Morgan fingerprint density at radius 1 is 1.26 bits per heavy atom. The van der Waals surface area contributed by atoms with Crippen LogP contribution < -0.4 is 0 Å². The van der Waals surface area contributed by atoms with E-state index in [2.05, 4.69) is 17.1 Å². The first kappa shape index (κ1) is 11.7. The summed E-state index contributed by atoms with van der Waals surface area (Å²) in [5.41, 5.74) is 4.91. The van der Waals surface area contributed by atoms with Gasteiger partial charge >= 0.3 is 5.97 Å². The van der Waals surface area contributed by atoms with Gasteiger partial charge in [-0.25, -0.2) is 4.79 Å². The molecule has 94 valence electrons. The molecular weight excluding hydrogens is 238 g/mol. The number of nitrogens with zero attached hydrogens (tertiary/aromatic N) is 1. The van der Waals surface area contributed by atoms with E-state index < -0.39 is 5.97 Å². The largest absolute Gasteiger partial charge is 0.478 e. The Morgan fingerprint density at radius 3 is 2.89 bits per heavy atom. The van der Waals surface area contributed by atoms with Gasteiger partial charge in [0.2, 0.25) is 0 Å². The van der Waals surface area contributed by atoms with E-state index >= 15 is 0 Å². The van der Waals surface area contributed by atoms with Crippen LogP contribution in [0.15, 0.2) is 48.3 Å². The minimum atomic E-state index is -0.829. The zero-order valence-corrected chi connectivity index (χ0v) is 10.3. The first-order chi connectivity index (χ1) is 9.22. The number of carboxylic acids is 1. The summed E-state index contributed by atoms with van der Waals surface area (Å²) < 4.78 is 0. The molecule has 0 amide bonds. The number of carbonyl (C=O) groups is 1. The van der Waals surface area contributed by atoms with Gasteiger partial charge in [0.05, 0.1) is 0 Å². The average molecular weight is 251 g/mol. The first-order valence-corrected chi connectivity index (χ1v) is 6.17. The molecule has 3 rings (SSSR count). The van der Waals surface area contributed by atoms with Crippen molar-refractivity contribution in [3.63, 3.8) is 0 Å². The molecule has 1 aliphatic carbocycles. The third-order valence-electron chi connectivity index (χ3n) is 3.33. The lowest BCUT2D eigenvalue weighted by Gasteiger charge is -2.04. The highest BCUT2D eigenvalue weighted by molar-refractivity contribution is 5.95. The second-order valence-corrected chi connectivity index (χ2v) is 4.72. The van der Waals surface area contributed by atoms with Gasteiger partial charge in [-0.15, -0.1) is 0 Å². The van der Waals surface area contributed by atoms with Crippen molar-refractivity contribution in [3.05, 3.63) is 70.6 Å². The Hall–Kier alpha value is -2.42. The zero-order chi connectivity index (χ0) is 13.2. The molecule has 3 heteroatoms. The van der Waals surface area contributed by atoms with Crippen LogP contribution in [0.25, 0.3) is 6.08 Å². The summed E-state index contributed by atoms with van der Waals surface area (Å²) in [6, 6.07) is 10.1. The molecular formula is C16H13NO2. The number of benzene rings is 1. The van der Waals surface area contributed by atoms with Crippen molar-refractivity contribution in [1.82, 2.24) is 4.98 Å². The normalized spacial score (nSPS) is 12.9. The molecule has 0 bridgehead atoms. The Bertz CT molecular complexity index is 660. The second kappa shape index (κ2) is 4.69. The van der Waals surface area contributed by atoms with E-state index in [-0.39, 0.29) is 0 Å². The van der Waals surface area contributed by atoms with Crippen molar-refractivity contribution in [1.29, 1.82) is 0 Å². The quantitative estimate of drug-likeness (QED) is 0.912. The highest BCUT2D eigenvalue weighted by Gasteiger charge is 2.17. The van der Waals surface area contributed by atoms with E-state index in [0.717, 1.165) is 23.1 Å². The number of hydrogen-bond donors (Lipinski definition) is 1. The standard InChI is InChI=1S/C16H13NO2/c18-16(19)15-8-13-4-3-11(7-14(13)9-15)6-12-2-1-5-17-10-12/h1-5,7,9-10H,6,8H2,(H,18,19). The molecule has 0 saturated carbocycles. The van der Waals surface area contributed by atoms with Gasteiger partial charge in [0.15, 0.2) is 0 Å². The lowest BCUT2D eigenvalue weighted by atomic mass is 10.0. The maximum atomic E-state index is 11.0. The summed E-state index contributed by atoms with van der Waals surface area (Å²) >= 11 is 0. The molecule has 3 nitrogen and oxygen atoms in total. The number of aromatic nitrogens is 1. The minimum absolute atomic E-state index is 0.466. The maximum absolute atomic E-state index is 11.0. The number of hydrogen-bond acceptors (Lipinski definition) is 2. The molecule has 0 atom stereocenters. The molecule has 1 aromatic carbocycles. The summed E-state index contributed by atoms with van der Waals surface area (Å²) in [5, 5.41) is 9.01. The van der Waals surface area contributed by atoms with Gasteiger partial charge in [-0.1, -0.05) is 24.3 Å². The number of rotatable bonds is 3. The molecule has 19 heavy (non-hydrogen) atoms. The van der Waals surface area contributed by atoms with Crippen molar-refractivity contribution in [3.8, 4) is 0 Å². The van der Waals surface area contributed by atoms with E-state index in [4.69, 9.17) is 5.11 Å². The van der Waals surface area contributed by atoms with E-state index in [9.17, 15) is 4.79 Å². The minimum Gasteiger partial charge on any atom is -0.478 e. The highest BCUT2D eigenvalue weighted by Crippen LogP contribution is 2.26. The fourth-order valence-electron chi connectivity index (χ4n) is 2.37. The molecule has 1 N–H and O–H groups in total. The third-order valence-corrected chi connectivity index (χ3v) is 3.33. The van der Waals surface area contributed by atoms with Crippen LogP contribution in [0.4, 0.5) is 0 Å². The summed E-state index contributed by atoms with van der Waals surface area (Å²) in [6.07, 6.45) is 6.72. The van der Waals surface area contributed by atoms with Gasteiger partial charge in [-0.3, -0.25) is 4.98 Å². The first-order valence-electron chi connectivity index (χ1n) is 6.17. The summed E-state index contributed by atoms with van der Waals surface area (Å²) in [7, 11) is 0. The summed E-state index contributed by atoms with van der Waals surface area (Å²) in [5.74, 6) is -0.829. The fraction of sp³-hybridized carbons (Fsp3) is 0.125. The van der Waals surface area contributed by atoms with Crippen LogP contribution in [-0.4, -0.2) is 16.1 Å². The third kappa shape index (κ3) is 2.40. The van der Waals surface area contributed by atoms with Crippen molar-refractivity contribution in [2.24, 2.45) is 0 Å². The van der Waals surface area contributed by atoms with Gasteiger partial charge < -0.3 is 5.11 Å². The van der Waals surface area contributed by atoms with Crippen LogP contribution in [0.5, 0.6) is 0 Å². The highest BCUT2D eigenvalue weighted by atomic mass is 16.4. The van der Waals surface area contributed by atoms with Crippen LogP contribution in [0.1, 0.15) is 22.3 Å². The van der Waals surface area contributed by atoms with Crippen LogP contribution >= 0.6 is 0 Å². The molecule has 0 unspecified atom stereocenters. The number of aliphatic carboxylic acids is 1. The van der Waals surface area contributed by atoms with Gasteiger partial charge in [0, 0.05) is 24.4 Å². The van der Waals surface area contributed by atoms with E-state index in [1.165, 1.54) is 5.56 Å². The zero-order valence-electron chi connectivity index (χ0n) is 10.3. The smallest absolute Gasteiger partial charge is 0.331 e. The van der Waals surface area contributed by atoms with Crippen molar-refractivity contribution in [2.75, 3.05) is 0 Å². The van der Waals surface area contributed by atoms with Crippen molar-refractivity contribution in [2.45, 2.75) is 12.8 Å². The molecule has 1 aromatic heterocycles. The molecule has 0 fully saturated rings. The van der Waals surface area contributed by atoms with Crippen LogP contribution in [0.2, 0.25) is 0 Å². The summed E-state index contributed by atoms with van der Waals surface area (Å²) in [4.78, 5) is 15.1. The molecule has 1 heterocycles. The molecule has 0 radical (unpaired) electrons. The monoisotopic (exact) mass is 251 g/mol. The topological polar surface area (TPSA) is 50.2 Å². The molecule has 0 spiro atoms. The van der Waals surface area contributed by atoms with Crippen molar-refractivity contribution >= 4 is 12.0 Å². The summed E-state index contributed by atoms with van der Waals surface area (Å²) in [6.45, 7) is 0. The van der Waals surface area contributed by atoms with Gasteiger partial charge in [-0.05, 0) is 40.8 Å². The van der Waals surface area contributed by atoms with Crippen LogP contribution in [0.3, 0.4) is 0 Å². The average Bonchev–Trinajstić information content (AvgIpc) is 2.83. The van der Waals surface area contributed by atoms with E-state index in [1.807, 2.05) is 24.4 Å². The Balaban J connectivity index is 1.87. The molecule has 1 aliphatic rings. The Kier molecular flexibility index (Phi) is 2.88. The second-order valence-electron chi connectivity index (χ2n) is 4.72. The fourth-order valence-corrected chi connectivity index (χ4v) is 2.37. The van der Waals surface area contributed by atoms with Gasteiger partial charge in [0.1, 0.15) is 0 Å². The predicted molar refractivity (Wildman–Crippen MR) is 72.8 cm³/mol. The maximum Gasteiger partial charge on any atom is 0.331 e. The van der Waals surface area contributed by atoms with E-state index in [1.54, 1.807) is 12.3 Å². The number of carboxylic acid groups (broad SMARTS) is 1. The van der Waals surface area contributed by atoms with Gasteiger partial charge in [0.25, 0.3) is 0 Å². The lowest BCUT2D eigenvalue weighted by molar-refractivity contribution is -0.132. The predicted octanol–water partition coefficient (Wildman–Crippen LogP) is 2.70. The Labute approximate surface area is 111 Å². The SMILES string of the molecule is O=C(O)C1=Cc2cc(Cc3cccnc3)ccc2C1. The van der Waals surface area contributed by atoms with Crippen molar-refractivity contribution < 1.29 is 9.90 Å². The van der Waals surface area contributed by atoms with Crippen LogP contribution in [-0.2, 0) is 17.6 Å². The molecule has 2 aromatic rings. The number of fused-ring (bicyclic) bond motifs is 1. The molecule has 0 saturated heterocycles. The van der Waals surface area contributed by atoms with Gasteiger partial charge in [-0.2, -0.15) is 0 Å². The Morgan fingerprint density at radius 2 is 2.16 bits per heavy atom. The number of pyridine rings is 1. The van der Waals surface area contributed by atoms with E-state index in [0.29, 0.717) is 12.0 Å². The van der Waals surface area contributed by atoms with Crippen LogP contribution in [0, 0.1) is 0 Å². The molecule has 0 aliphatic heterocycles. The lowest BCUT2D eigenvalue weighted by Crippen LogP contribution is -1.99.